The molecular formula is C14H10N2OS2. The van der Waals surface area contributed by atoms with Crippen LogP contribution in [-0.2, 0) is 0 Å². The van der Waals surface area contributed by atoms with Crippen LogP contribution in [0.1, 0.15) is 20.2 Å². The maximum atomic E-state index is 12.0. The molecule has 0 atom stereocenters. The molecule has 5 heteroatoms. The number of hydrogen-bond acceptors (Lipinski definition) is 4. The minimum Gasteiger partial charge on any atom is -0.266 e. The summed E-state index contributed by atoms with van der Waals surface area (Å²) in [5.74, 6) is -0.0919. The lowest BCUT2D eigenvalue weighted by molar-refractivity contribution is 0.0949. The van der Waals surface area contributed by atoms with Crippen molar-refractivity contribution in [1.29, 1.82) is 0 Å². The van der Waals surface area contributed by atoms with Crippen LogP contribution < -0.4 is 0 Å². The summed E-state index contributed by atoms with van der Waals surface area (Å²) in [6, 6.07) is 9.53. The van der Waals surface area contributed by atoms with Crippen LogP contribution in [0.3, 0.4) is 0 Å². The average Bonchev–Trinajstić information content (AvgIpc) is 3.16. The molecule has 0 aliphatic heterocycles. The van der Waals surface area contributed by atoms with Gasteiger partial charge in [-0.3, -0.25) is 4.79 Å². The number of hydrogen-bond donors (Lipinski definition) is 0. The molecule has 3 aromatic rings. The molecule has 0 saturated carbocycles. The van der Waals surface area contributed by atoms with Gasteiger partial charge in [-0.25, -0.2) is 4.68 Å². The second-order valence-electron chi connectivity index (χ2n) is 3.82. The van der Waals surface area contributed by atoms with Gasteiger partial charge in [-0.1, -0.05) is 12.1 Å². The Morgan fingerprint density at radius 1 is 1.11 bits per heavy atom. The highest BCUT2D eigenvalue weighted by Crippen LogP contribution is 2.14. The van der Waals surface area contributed by atoms with Gasteiger partial charge < -0.3 is 0 Å². The number of carbonyl (C=O) groups is 1. The van der Waals surface area contributed by atoms with Crippen molar-refractivity contribution in [2.75, 3.05) is 0 Å². The zero-order chi connectivity index (χ0) is 13.1. The molecule has 0 saturated heterocycles. The van der Waals surface area contributed by atoms with Crippen molar-refractivity contribution < 1.29 is 4.79 Å². The summed E-state index contributed by atoms with van der Waals surface area (Å²) >= 11 is 3.09. The molecule has 0 spiro atoms. The van der Waals surface area contributed by atoms with Crippen LogP contribution >= 0.6 is 22.7 Å². The lowest BCUT2D eigenvalue weighted by Gasteiger charge is -1.95. The number of carbonyl (C=O) groups excluding carboxylic acids is 1. The second kappa shape index (κ2) is 5.34. The number of nitrogens with zero attached hydrogens (tertiary/aromatic N) is 2. The molecule has 3 heterocycles. The number of thiophene rings is 2. The Hall–Kier alpha value is -1.98. The van der Waals surface area contributed by atoms with E-state index in [4.69, 9.17) is 0 Å². The third kappa shape index (κ3) is 2.72. The van der Waals surface area contributed by atoms with Crippen LogP contribution in [0.2, 0.25) is 0 Å². The second-order valence-corrected chi connectivity index (χ2v) is 5.74. The molecule has 0 N–H and O–H groups in total. The molecule has 0 fully saturated rings. The van der Waals surface area contributed by atoms with Crippen molar-refractivity contribution >= 4 is 40.7 Å². The number of rotatable bonds is 3. The molecule has 0 amide bonds. The monoisotopic (exact) mass is 286 g/mol. The van der Waals surface area contributed by atoms with Gasteiger partial charge in [-0.05, 0) is 41.1 Å². The molecule has 0 unspecified atom stereocenters. The Bertz CT molecular complexity index is 694. The summed E-state index contributed by atoms with van der Waals surface area (Å²) in [5, 5.41) is 8.17. The highest BCUT2D eigenvalue weighted by atomic mass is 32.1. The Balaban J connectivity index is 1.78. The zero-order valence-electron chi connectivity index (χ0n) is 9.89. The summed E-state index contributed by atoms with van der Waals surface area (Å²) in [6.07, 6.45) is 5.59. The molecule has 0 bridgehead atoms. The van der Waals surface area contributed by atoms with Gasteiger partial charge in [0.25, 0.3) is 5.91 Å². The fraction of sp³-hybridized carbons (Fsp3) is 0. The van der Waals surface area contributed by atoms with E-state index in [1.807, 2.05) is 47.2 Å². The van der Waals surface area contributed by atoms with E-state index in [1.165, 1.54) is 20.9 Å². The molecular weight excluding hydrogens is 276 g/mol. The molecule has 94 valence electrons. The third-order valence-electron chi connectivity index (χ3n) is 2.51. The van der Waals surface area contributed by atoms with Gasteiger partial charge in [0.05, 0.1) is 10.6 Å². The first-order valence-electron chi connectivity index (χ1n) is 5.68. The minimum absolute atomic E-state index is 0.0919. The highest BCUT2D eigenvalue weighted by Gasteiger charge is 2.09. The van der Waals surface area contributed by atoms with Crippen LogP contribution in [0.15, 0.2) is 47.3 Å². The first kappa shape index (κ1) is 12.1. The van der Waals surface area contributed by atoms with Crippen molar-refractivity contribution in [2.45, 2.75) is 0 Å². The number of aromatic nitrogens is 2. The van der Waals surface area contributed by atoms with Gasteiger partial charge in [-0.2, -0.15) is 5.10 Å². The molecule has 19 heavy (non-hydrogen) atoms. The third-order valence-corrected chi connectivity index (χ3v) is 4.21. The normalized spacial score (nSPS) is 11.2. The topological polar surface area (TPSA) is 34.9 Å². The van der Waals surface area contributed by atoms with Gasteiger partial charge in [-0.15, -0.1) is 22.7 Å². The van der Waals surface area contributed by atoms with Crippen LogP contribution in [0.4, 0.5) is 0 Å². The molecule has 0 aromatic carbocycles. The SMILES string of the molecule is O=C(c1cccs1)n1ccc(/C=C/c2cccs2)n1. The summed E-state index contributed by atoms with van der Waals surface area (Å²) in [6.45, 7) is 0. The van der Waals surface area contributed by atoms with Crippen molar-refractivity contribution in [3.8, 4) is 0 Å². The smallest absolute Gasteiger partial charge is 0.266 e. The largest absolute Gasteiger partial charge is 0.288 e. The zero-order valence-corrected chi connectivity index (χ0v) is 11.5. The summed E-state index contributed by atoms with van der Waals surface area (Å²) in [4.78, 5) is 13.9. The Kier molecular flexibility index (Phi) is 3.39. The van der Waals surface area contributed by atoms with Crippen LogP contribution in [-0.4, -0.2) is 15.7 Å². The molecule has 3 nitrogen and oxygen atoms in total. The van der Waals surface area contributed by atoms with Crippen molar-refractivity contribution in [1.82, 2.24) is 9.78 Å². The van der Waals surface area contributed by atoms with Gasteiger partial charge in [0, 0.05) is 11.1 Å². The molecule has 0 radical (unpaired) electrons. The maximum absolute atomic E-state index is 12.0. The van der Waals surface area contributed by atoms with E-state index in [1.54, 1.807) is 23.6 Å². The van der Waals surface area contributed by atoms with Crippen LogP contribution in [0.25, 0.3) is 12.2 Å². The summed E-state index contributed by atoms with van der Waals surface area (Å²) in [7, 11) is 0. The van der Waals surface area contributed by atoms with E-state index in [9.17, 15) is 4.79 Å². The van der Waals surface area contributed by atoms with E-state index >= 15 is 0 Å². The Labute approximate surface area is 118 Å². The Morgan fingerprint density at radius 2 is 1.95 bits per heavy atom. The lowest BCUT2D eigenvalue weighted by atomic mass is 10.3. The van der Waals surface area contributed by atoms with Gasteiger partial charge in [0.2, 0.25) is 0 Å². The predicted octanol–water partition coefficient (Wildman–Crippen LogP) is 3.87. The summed E-state index contributed by atoms with van der Waals surface area (Å²) in [5.41, 5.74) is 0.776. The molecule has 3 aromatic heterocycles. The van der Waals surface area contributed by atoms with E-state index in [0.29, 0.717) is 4.88 Å². The van der Waals surface area contributed by atoms with E-state index < -0.39 is 0 Å². The fourth-order valence-electron chi connectivity index (χ4n) is 1.61. The summed E-state index contributed by atoms with van der Waals surface area (Å²) < 4.78 is 1.37. The minimum atomic E-state index is -0.0919. The van der Waals surface area contributed by atoms with Gasteiger partial charge in [0.15, 0.2) is 0 Å². The average molecular weight is 286 g/mol. The van der Waals surface area contributed by atoms with Crippen LogP contribution in [0.5, 0.6) is 0 Å². The van der Waals surface area contributed by atoms with E-state index in [0.717, 1.165) is 5.69 Å². The fourth-order valence-corrected chi connectivity index (χ4v) is 2.88. The first-order chi connectivity index (χ1) is 9.33. The van der Waals surface area contributed by atoms with E-state index in [2.05, 4.69) is 5.10 Å². The van der Waals surface area contributed by atoms with Crippen molar-refractivity contribution in [2.24, 2.45) is 0 Å². The van der Waals surface area contributed by atoms with Crippen LogP contribution in [0, 0.1) is 0 Å². The van der Waals surface area contributed by atoms with Crippen molar-refractivity contribution in [3.05, 3.63) is 62.7 Å². The lowest BCUT2D eigenvalue weighted by Crippen LogP contribution is -2.10. The molecule has 0 aliphatic rings. The van der Waals surface area contributed by atoms with E-state index in [-0.39, 0.29) is 5.91 Å². The highest BCUT2D eigenvalue weighted by molar-refractivity contribution is 7.12. The standard InChI is InChI=1S/C14H10N2OS2/c17-14(13-4-2-10-19-13)16-8-7-11(15-16)5-6-12-3-1-9-18-12/h1-10H/b6-5+. The van der Waals surface area contributed by atoms with Gasteiger partial charge >= 0.3 is 0 Å². The predicted molar refractivity (Wildman–Crippen MR) is 79.5 cm³/mol. The quantitative estimate of drug-likeness (QED) is 0.732. The van der Waals surface area contributed by atoms with Crippen molar-refractivity contribution in [3.63, 3.8) is 0 Å². The molecule has 3 rings (SSSR count). The maximum Gasteiger partial charge on any atom is 0.288 e. The first-order valence-corrected chi connectivity index (χ1v) is 7.44. The molecule has 0 aliphatic carbocycles. The van der Waals surface area contributed by atoms with Gasteiger partial charge in [0.1, 0.15) is 0 Å². The Morgan fingerprint density at radius 3 is 2.68 bits per heavy atom.